The van der Waals surface area contributed by atoms with Gasteiger partial charge in [0, 0.05) is 45.0 Å². The molecule has 0 spiro atoms. The molecular formula is C60H48N6O6. The van der Waals surface area contributed by atoms with Crippen molar-refractivity contribution in [1.29, 1.82) is 0 Å². The van der Waals surface area contributed by atoms with E-state index in [0.717, 1.165) is 21.5 Å². The maximum atomic E-state index is 14.9. The molecule has 0 aliphatic carbocycles. The van der Waals surface area contributed by atoms with Gasteiger partial charge in [0.2, 0.25) is 0 Å². The molecule has 0 aromatic heterocycles. The predicted octanol–water partition coefficient (Wildman–Crippen LogP) is 13.0. The lowest BCUT2D eigenvalue weighted by molar-refractivity contribution is -0.118. The summed E-state index contributed by atoms with van der Waals surface area (Å²) in [6.45, 7) is 6.40. The van der Waals surface area contributed by atoms with E-state index in [4.69, 9.17) is 19.5 Å². The van der Waals surface area contributed by atoms with E-state index in [1.54, 1.807) is 76.2 Å². The molecule has 3 heterocycles. The molecule has 12 heteroatoms. The van der Waals surface area contributed by atoms with E-state index >= 15 is 0 Å². The Hall–Kier alpha value is -9.42. The van der Waals surface area contributed by atoms with Crippen molar-refractivity contribution in [3.05, 3.63) is 204 Å². The molecule has 0 saturated heterocycles. The third-order valence-corrected chi connectivity index (χ3v) is 12.5. The highest BCUT2D eigenvalue weighted by Crippen LogP contribution is 2.46. The number of hydrogen-bond acceptors (Lipinski definition) is 10. The second-order valence-corrected chi connectivity index (χ2v) is 17.5. The first-order valence-electron chi connectivity index (χ1n) is 23.4. The van der Waals surface area contributed by atoms with Gasteiger partial charge >= 0.3 is 0 Å². The lowest BCUT2D eigenvalue weighted by Gasteiger charge is -2.20. The number of fused-ring (bicyclic) bond motifs is 10. The minimum atomic E-state index is -0.458. The molecule has 8 aromatic carbocycles. The summed E-state index contributed by atoms with van der Waals surface area (Å²) in [7, 11) is 0. The Kier molecular flexibility index (Phi) is 12.8. The Morgan fingerprint density at radius 2 is 0.819 bits per heavy atom. The Morgan fingerprint density at radius 1 is 0.417 bits per heavy atom. The van der Waals surface area contributed by atoms with Crippen LogP contribution in [0.5, 0.6) is 11.5 Å². The van der Waals surface area contributed by atoms with Crippen LogP contribution in [0.4, 0.5) is 34.1 Å². The van der Waals surface area contributed by atoms with Gasteiger partial charge in [0.05, 0.1) is 45.3 Å². The average Bonchev–Trinajstić information content (AvgIpc) is 3.38. The number of anilines is 4. The zero-order valence-corrected chi connectivity index (χ0v) is 39.9. The first kappa shape index (κ1) is 46.3. The predicted molar refractivity (Wildman–Crippen MR) is 288 cm³/mol. The Labute approximate surface area is 415 Å². The van der Waals surface area contributed by atoms with Gasteiger partial charge in [-0.25, -0.2) is 0 Å². The largest absolute Gasteiger partial charge is 0.483 e. The number of carbonyl (C=O) groups is 4. The third-order valence-electron chi connectivity index (χ3n) is 12.5. The number of nitrogens with one attached hydrogen (secondary N) is 4. The maximum Gasteiger partial charge on any atom is 0.262 e. The number of nitrogens with zero attached hydrogens (tertiary/aromatic N) is 2. The van der Waals surface area contributed by atoms with Gasteiger partial charge in [-0.3, -0.25) is 29.2 Å². The van der Waals surface area contributed by atoms with Crippen molar-refractivity contribution in [1.82, 2.24) is 0 Å². The third kappa shape index (κ3) is 9.48. The summed E-state index contributed by atoms with van der Waals surface area (Å²) in [4.78, 5) is 67.8. The van der Waals surface area contributed by atoms with Crippen molar-refractivity contribution in [3.8, 4) is 22.6 Å². The summed E-state index contributed by atoms with van der Waals surface area (Å²) in [5, 5.41) is 16.3. The highest BCUT2D eigenvalue weighted by atomic mass is 16.5. The van der Waals surface area contributed by atoms with Crippen LogP contribution >= 0.6 is 0 Å². The highest BCUT2D eigenvalue weighted by molar-refractivity contribution is 6.30. The van der Waals surface area contributed by atoms with Crippen LogP contribution in [0.15, 0.2) is 202 Å². The lowest BCUT2D eigenvalue weighted by atomic mass is 9.92. The van der Waals surface area contributed by atoms with Crippen LogP contribution in [-0.4, -0.2) is 48.0 Å². The van der Waals surface area contributed by atoms with Crippen LogP contribution in [0.25, 0.3) is 32.7 Å². The highest BCUT2D eigenvalue weighted by Gasteiger charge is 2.25. The van der Waals surface area contributed by atoms with Crippen LogP contribution < -0.4 is 30.7 Å². The molecular weight excluding hydrogens is 901 g/mol. The van der Waals surface area contributed by atoms with Crippen molar-refractivity contribution >= 4 is 90.5 Å². The minimum Gasteiger partial charge on any atom is -0.483 e. The first-order chi connectivity index (χ1) is 35.0. The number of amides is 2. The molecule has 11 rings (SSSR count). The van der Waals surface area contributed by atoms with E-state index < -0.39 is 11.8 Å². The Balaban J connectivity index is 1.14. The standard InChI is InChI=1S/C60H48N6O6/c1-35-55-36(2)62-49-25-11-12-26-50(49)64-38(4)56(37(3)63-48-24-10-9-23-47(48)61-35)60(70)42-18-14-20-44(32-42)66-54(68)34-72-52-30-28-40-16-6-8-22-46(40)58(52)57-45-21-7-5-15-39(45)27-29-51(57)71-33-53(67)65-43-19-13-17-41(31-43)59(55)69/h5-32,61,64H,33-34H2,1-4H3,(H,65,67)(H,66,68)/b55-35-,56-38+,62-36?,63-37?. The molecule has 0 saturated carbocycles. The van der Waals surface area contributed by atoms with E-state index in [0.29, 0.717) is 102 Å². The first-order valence-corrected chi connectivity index (χ1v) is 23.4. The molecule has 3 aliphatic rings. The number of aliphatic imine (C=N–C) groups is 2. The van der Waals surface area contributed by atoms with Gasteiger partial charge in [0.15, 0.2) is 24.8 Å². The molecule has 0 fully saturated rings. The van der Waals surface area contributed by atoms with Crippen LogP contribution in [0.1, 0.15) is 48.4 Å². The molecule has 354 valence electrons. The van der Waals surface area contributed by atoms with Crippen molar-refractivity contribution in [2.45, 2.75) is 27.7 Å². The fraction of sp³-hybridized carbons (Fsp3) is 0.100. The molecule has 4 N–H and O–H groups in total. The lowest BCUT2D eigenvalue weighted by Crippen LogP contribution is -2.21. The van der Waals surface area contributed by atoms with Gasteiger partial charge in [-0.05, 0) is 110 Å². The second kappa shape index (κ2) is 19.9. The molecule has 2 amide bonds. The minimum absolute atomic E-state index is 0.299. The fourth-order valence-corrected chi connectivity index (χ4v) is 9.27. The number of ether oxygens (including phenoxy) is 2. The molecule has 0 unspecified atom stereocenters. The van der Waals surface area contributed by atoms with Crippen molar-refractivity contribution in [2.24, 2.45) is 9.98 Å². The SMILES string of the molecule is CC1=Nc2ccccc2N/C(C)=C2/C(=O)c3cccc(c3)NC(=O)COc3ccc4ccccc4c3-c3c(ccc4ccccc34)OCC(=O)Nc3cccc(c3)C(=O)/C1=C(/C)Nc1ccccc1N=C2C. The molecule has 0 radical (unpaired) electrons. The van der Waals surface area contributed by atoms with Gasteiger partial charge in [0.1, 0.15) is 11.5 Å². The fourth-order valence-electron chi connectivity index (χ4n) is 9.27. The van der Waals surface area contributed by atoms with Crippen molar-refractivity contribution in [3.63, 3.8) is 0 Å². The summed E-state index contributed by atoms with van der Waals surface area (Å²) in [5.41, 5.74) is 7.31. The zero-order chi connectivity index (χ0) is 49.9. The number of ketones is 2. The van der Waals surface area contributed by atoms with Gasteiger partial charge in [0.25, 0.3) is 11.8 Å². The van der Waals surface area contributed by atoms with Gasteiger partial charge < -0.3 is 30.7 Å². The molecule has 8 aromatic rings. The van der Waals surface area contributed by atoms with Crippen LogP contribution in [-0.2, 0) is 9.59 Å². The van der Waals surface area contributed by atoms with E-state index in [-0.39, 0.29) is 24.8 Å². The van der Waals surface area contributed by atoms with Crippen LogP contribution in [0.3, 0.4) is 0 Å². The number of allylic oxidation sites excluding steroid dienone is 4. The Bertz CT molecular complexity index is 3440. The number of benzene rings is 8. The van der Waals surface area contributed by atoms with Crippen LogP contribution in [0.2, 0.25) is 0 Å². The normalized spacial score (nSPS) is 16.8. The monoisotopic (exact) mass is 948 g/mol. The number of rotatable bonds is 0. The summed E-state index contributed by atoms with van der Waals surface area (Å²) in [5.74, 6) is -0.770. The van der Waals surface area contributed by atoms with E-state index in [1.807, 2.05) is 121 Å². The number of para-hydroxylation sites is 4. The number of carbonyl (C=O) groups excluding carboxylic acids is 4. The zero-order valence-electron chi connectivity index (χ0n) is 39.9. The van der Waals surface area contributed by atoms with Crippen molar-refractivity contribution < 1.29 is 28.7 Å². The van der Waals surface area contributed by atoms with E-state index in [9.17, 15) is 19.2 Å². The summed E-state index contributed by atoms with van der Waals surface area (Å²) in [6, 6.07) is 51.4. The smallest absolute Gasteiger partial charge is 0.262 e. The van der Waals surface area contributed by atoms with Gasteiger partial charge in [-0.2, -0.15) is 0 Å². The van der Waals surface area contributed by atoms with Crippen LogP contribution in [0, 0.1) is 0 Å². The summed E-state index contributed by atoms with van der Waals surface area (Å²) >= 11 is 0. The van der Waals surface area contributed by atoms with Crippen molar-refractivity contribution in [2.75, 3.05) is 34.5 Å². The maximum absolute atomic E-state index is 14.9. The topological polar surface area (TPSA) is 160 Å². The van der Waals surface area contributed by atoms with E-state index in [2.05, 4.69) is 21.3 Å². The summed E-state index contributed by atoms with van der Waals surface area (Å²) < 4.78 is 12.9. The second-order valence-electron chi connectivity index (χ2n) is 17.5. The molecule has 72 heavy (non-hydrogen) atoms. The van der Waals surface area contributed by atoms with Gasteiger partial charge in [-0.15, -0.1) is 0 Å². The molecule has 12 nitrogen and oxygen atoms in total. The van der Waals surface area contributed by atoms with Gasteiger partial charge in [-0.1, -0.05) is 109 Å². The quantitative estimate of drug-likeness (QED) is 0.117. The molecule has 0 atom stereocenters. The molecule has 6 bridgehead atoms. The Morgan fingerprint density at radius 3 is 1.26 bits per heavy atom. The van der Waals surface area contributed by atoms with E-state index in [1.165, 1.54) is 0 Å². The summed E-state index contributed by atoms with van der Waals surface area (Å²) in [6.07, 6.45) is 0. The molecule has 3 aliphatic heterocycles. The number of Topliss-reactive ketones (excluding diaryl/α,β-unsaturated/α-hetero) is 2. The average molecular weight is 949 g/mol. The number of hydrogen-bond donors (Lipinski definition) is 4.